The van der Waals surface area contributed by atoms with Crippen molar-refractivity contribution >= 4 is 0 Å². The van der Waals surface area contributed by atoms with Gasteiger partial charge in [0, 0.05) is 0 Å². The molecule has 0 aliphatic heterocycles. The van der Waals surface area contributed by atoms with Crippen LogP contribution in [0, 0.1) is 20.8 Å². The molecule has 0 N–H and O–H groups in total. The summed E-state index contributed by atoms with van der Waals surface area (Å²) in [7, 11) is 0. The van der Waals surface area contributed by atoms with Crippen LogP contribution in [-0.4, -0.2) is 0 Å². The van der Waals surface area contributed by atoms with Gasteiger partial charge < -0.3 is 0 Å². The van der Waals surface area contributed by atoms with Gasteiger partial charge in [-0.05, 0) is 59.9 Å². The molecular weight excluding hydrogens is 192 g/mol. The number of hydrogen-bond donors (Lipinski definition) is 0. The number of aryl methyl sites for hydroxylation is 2. The Morgan fingerprint density at radius 2 is 1.44 bits per heavy atom. The minimum absolute atomic E-state index is 0.237. The van der Waals surface area contributed by atoms with Gasteiger partial charge in [-0.1, -0.05) is 40.7 Å². The molecule has 0 fully saturated rings. The molecule has 1 aromatic carbocycles. The van der Waals surface area contributed by atoms with Crippen molar-refractivity contribution in [1.82, 2.24) is 0 Å². The summed E-state index contributed by atoms with van der Waals surface area (Å²) in [6.45, 7) is 18.3. The molecule has 0 aliphatic carbocycles. The van der Waals surface area contributed by atoms with Crippen molar-refractivity contribution < 1.29 is 0 Å². The van der Waals surface area contributed by atoms with E-state index in [9.17, 15) is 0 Å². The van der Waals surface area contributed by atoms with Crippen LogP contribution in [0.2, 0.25) is 0 Å². The van der Waals surface area contributed by atoms with Crippen LogP contribution >= 0.6 is 0 Å². The highest BCUT2D eigenvalue weighted by Gasteiger charge is 2.24. The molecule has 0 atom stereocenters. The molecule has 0 nitrogen and oxygen atoms in total. The SMILES string of the molecule is Cc1cc(C)c(C(C)C)c(C(C)(C)C)c1C. The van der Waals surface area contributed by atoms with Crippen LogP contribution in [0.15, 0.2) is 6.07 Å². The minimum Gasteiger partial charge on any atom is -0.0587 e. The number of benzene rings is 1. The van der Waals surface area contributed by atoms with Gasteiger partial charge in [0.2, 0.25) is 0 Å². The highest BCUT2D eigenvalue weighted by molar-refractivity contribution is 5.49. The fraction of sp³-hybridized carbons (Fsp3) is 0.625. The van der Waals surface area contributed by atoms with Gasteiger partial charge in [0.25, 0.3) is 0 Å². The van der Waals surface area contributed by atoms with E-state index in [1.54, 1.807) is 11.1 Å². The average molecular weight is 218 g/mol. The summed E-state index contributed by atoms with van der Waals surface area (Å²) in [6.07, 6.45) is 0. The molecule has 0 radical (unpaired) electrons. The van der Waals surface area contributed by atoms with Gasteiger partial charge in [0.15, 0.2) is 0 Å². The van der Waals surface area contributed by atoms with E-state index in [4.69, 9.17) is 0 Å². The maximum Gasteiger partial charge on any atom is -0.0126 e. The smallest absolute Gasteiger partial charge is 0.0126 e. The van der Waals surface area contributed by atoms with Crippen LogP contribution in [0.25, 0.3) is 0 Å². The molecule has 0 spiro atoms. The highest BCUT2D eigenvalue weighted by Crippen LogP contribution is 2.36. The Labute approximate surface area is 101 Å². The second-order valence-electron chi connectivity index (χ2n) is 6.33. The lowest BCUT2D eigenvalue weighted by molar-refractivity contribution is 0.570. The first-order valence-corrected chi connectivity index (χ1v) is 6.27. The van der Waals surface area contributed by atoms with Gasteiger partial charge >= 0.3 is 0 Å². The first-order chi connectivity index (χ1) is 7.16. The molecule has 0 aliphatic rings. The van der Waals surface area contributed by atoms with Crippen molar-refractivity contribution in [1.29, 1.82) is 0 Å². The molecule has 0 saturated heterocycles. The number of hydrogen-bond acceptors (Lipinski definition) is 0. The van der Waals surface area contributed by atoms with Gasteiger partial charge in [-0.3, -0.25) is 0 Å². The van der Waals surface area contributed by atoms with Crippen molar-refractivity contribution in [3.05, 3.63) is 33.9 Å². The maximum atomic E-state index is 2.33. The monoisotopic (exact) mass is 218 g/mol. The van der Waals surface area contributed by atoms with E-state index >= 15 is 0 Å². The Kier molecular flexibility index (Phi) is 3.52. The van der Waals surface area contributed by atoms with Gasteiger partial charge in [-0.2, -0.15) is 0 Å². The van der Waals surface area contributed by atoms with Crippen molar-refractivity contribution in [2.75, 3.05) is 0 Å². The van der Waals surface area contributed by atoms with Crippen LogP contribution in [0.3, 0.4) is 0 Å². The van der Waals surface area contributed by atoms with E-state index in [1.807, 2.05) is 0 Å². The quantitative estimate of drug-likeness (QED) is 0.620. The van der Waals surface area contributed by atoms with Crippen LogP contribution in [0.4, 0.5) is 0 Å². The lowest BCUT2D eigenvalue weighted by Crippen LogP contribution is -2.19. The van der Waals surface area contributed by atoms with Crippen LogP contribution in [-0.2, 0) is 5.41 Å². The third-order valence-electron chi connectivity index (χ3n) is 3.42. The Hall–Kier alpha value is -0.780. The molecule has 0 heterocycles. The summed E-state index contributed by atoms with van der Waals surface area (Å²) in [6, 6.07) is 2.33. The summed E-state index contributed by atoms with van der Waals surface area (Å²) in [5, 5.41) is 0. The maximum absolute atomic E-state index is 2.33. The molecule has 1 aromatic rings. The summed E-state index contributed by atoms with van der Waals surface area (Å²) < 4.78 is 0. The standard InChI is InChI=1S/C16H26/c1-10(2)14-12(4)9-11(3)13(5)15(14)16(6,7)8/h9-10H,1-8H3. The van der Waals surface area contributed by atoms with Crippen LogP contribution < -0.4 is 0 Å². The minimum atomic E-state index is 0.237. The van der Waals surface area contributed by atoms with Crippen molar-refractivity contribution in [2.45, 2.75) is 66.7 Å². The van der Waals surface area contributed by atoms with Crippen molar-refractivity contribution in [3.63, 3.8) is 0 Å². The third kappa shape index (κ3) is 2.31. The number of rotatable bonds is 1. The zero-order valence-corrected chi connectivity index (χ0v) is 12.2. The normalized spacial score (nSPS) is 12.3. The largest absolute Gasteiger partial charge is 0.0587 e. The van der Waals surface area contributed by atoms with E-state index in [0.29, 0.717) is 5.92 Å². The van der Waals surface area contributed by atoms with E-state index in [0.717, 1.165) is 0 Å². The van der Waals surface area contributed by atoms with E-state index in [1.165, 1.54) is 16.7 Å². The van der Waals surface area contributed by atoms with Gasteiger partial charge in [0.1, 0.15) is 0 Å². The average Bonchev–Trinajstić information content (AvgIpc) is 2.07. The van der Waals surface area contributed by atoms with Gasteiger partial charge in [-0.15, -0.1) is 0 Å². The zero-order chi connectivity index (χ0) is 12.7. The molecule has 0 bridgehead atoms. The fourth-order valence-corrected chi connectivity index (χ4v) is 2.82. The zero-order valence-electron chi connectivity index (χ0n) is 12.2. The second-order valence-corrected chi connectivity index (χ2v) is 6.33. The summed E-state index contributed by atoms with van der Waals surface area (Å²) in [5.74, 6) is 0.605. The predicted octanol–water partition coefficient (Wildman–Crippen LogP) is 5.03. The Morgan fingerprint density at radius 3 is 1.81 bits per heavy atom. The molecule has 90 valence electrons. The molecule has 16 heavy (non-hydrogen) atoms. The molecular formula is C16H26. The molecule has 1 rings (SSSR count). The lowest BCUT2D eigenvalue weighted by atomic mass is 9.75. The summed E-state index contributed by atoms with van der Waals surface area (Å²) in [5.41, 5.74) is 7.69. The third-order valence-corrected chi connectivity index (χ3v) is 3.42. The predicted molar refractivity (Wildman–Crippen MR) is 73.4 cm³/mol. The first kappa shape index (κ1) is 13.3. The van der Waals surface area contributed by atoms with E-state index in [-0.39, 0.29) is 5.41 Å². The highest BCUT2D eigenvalue weighted by atomic mass is 14.3. The second kappa shape index (κ2) is 4.24. The van der Waals surface area contributed by atoms with E-state index in [2.05, 4.69) is 61.5 Å². The molecule has 0 unspecified atom stereocenters. The molecule has 0 amide bonds. The van der Waals surface area contributed by atoms with Crippen molar-refractivity contribution in [2.24, 2.45) is 0 Å². The fourth-order valence-electron chi connectivity index (χ4n) is 2.82. The summed E-state index contributed by atoms with van der Waals surface area (Å²) in [4.78, 5) is 0. The Balaban J connectivity index is 3.65. The van der Waals surface area contributed by atoms with Crippen LogP contribution in [0.5, 0.6) is 0 Å². The summed E-state index contributed by atoms with van der Waals surface area (Å²) >= 11 is 0. The van der Waals surface area contributed by atoms with Gasteiger partial charge in [-0.25, -0.2) is 0 Å². The lowest BCUT2D eigenvalue weighted by Gasteiger charge is -2.30. The Morgan fingerprint density at radius 1 is 0.938 bits per heavy atom. The first-order valence-electron chi connectivity index (χ1n) is 6.27. The van der Waals surface area contributed by atoms with Crippen molar-refractivity contribution in [3.8, 4) is 0 Å². The molecule has 0 aromatic heterocycles. The molecule has 0 heteroatoms. The Bertz CT molecular complexity index is 389. The van der Waals surface area contributed by atoms with E-state index < -0.39 is 0 Å². The van der Waals surface area contributed by atoms with Crippen LogP contribution in [0.1, 0.15) is 68.4 Å². The molecule has 0 saturated carbocycles. The van der Waals surface area contributed by atoms with Gasteiger partial charge in [0.05, 0.1) is 0 Å². The topological polar surface area (TPSA) is 0 Å².